The van der Waals surface area contributed by atoms with Crippen LogP contribution in [0.25, 0.3) is 0 Å². The Morgan fingerprint density at radius 3 is 2.71 bits per heavy atom. The van der Waals surface area contributed by atoms with Gasteiger partial charge in [0.25, 0.3) is 0 Å². The third-order valence-corrected chi connectivity index (χ3v) is 5.40. The van der Waals surface area contributed by atoms with Crippen molar-refractivity contribution in [2.75, 3.05) is 6.61 Å². The maximum atomic E-state index is 12.0. The van der Waals surface area contributed by atoms with Crippen LogP contribution in [0.5, 0.6) is 0 Å². The molecule has 0 aromatic carbocycles. The molecule has 3 aliphatic rings. The smallest absolute Gasteiger partial charge is 0.336 e. The second-order valence-electron chi connectivity index (χ2n) is 6.88. The Hall–Kier alpha value is -1.92. The second-order valence-corrected chi connectivity index (χ2v) is 6.88. The lowest BCUT2D eigenvalue weighted by Gasteiger charge is -2.27. The van der Waals surface area contributed by atoms with E-state index in [4.69, 9.17) is 14.6 Å². The fourth-order valence-electron chi connectivity index (χ4n) is 4.21. The van der Waals surface area contributed by atoms with Gasteiger partial charge in [0.1, 0.15) is 12.2 Å². The molecule has 6 atom stereocenters. The quantitative estimate of drug-likeness (QED) is 0.452. The van der Waals surface area contributed by atoms with Gasteiger partial charge in [-0.1, -0.05) is 25.3 Å². The topological polar surface area (TPSA) is 93.1 Å². The van der Waals surface area contributed by atoms with Crippen molar-refractivity contribution < 1.29 is 29.3 Å². The van der Waals surface area contributed by atoms with Crippen LogP contribution in [0.3, 0.4) is 0 Å². The van der Waals surface area contributed by atoms with Gasteiger partial charge in [0.2, 0.25) is 0 Å². The first-order chi connectivity index (χ1) is 11.3. The zero-order chi connectivity index (χ0) is 17.6. The van der Waals surface area contributed by atoms with E-state index in [-0.39, 0.29) is 23.0 Å². The van der Waals surface area contributed by atoms with Crippen LogP contribution in [-0.2, 0) is 19.1 Å². The van der Waals surface area contributed by atoms with Gasteiger partial charge < -0.3 is 19.7 Å². The molecule has 1 heterocycles. The van der Waals surface area contributed by atoms with Gasteiger partial charge in [0.15, 0.2) is 0 Å². The maximum Gasteiger partial charge on any atom is 0.336 e. The van der Waals surface area contributed by atoms with E-state index in [1.165, 1.54) is 0 Å². The van der Waals surface area contributed by atoms with Crippen molar-refractivity contribution in [2.24, 2.45) is 17.8 Å². The number of carbonyl (C=O) groups is 2. The molecular formula is C18H22O6. The van der Waals surface area contributed by atoms with Gasteiger partial charge in [-0.05, 0) is 18.8 Å². The highest BCUT2D eigenvalue weighted by atomic mass is 16.6. The van der Waals surface area contributed by atoms with E-state index >= 15 is 0 Å². The molecule has 1 saturated heterocycles. The summed E-state index contributed by atoms with van der Waals surface area (Å²) in [7, 11) is 0. The first-order valence-corrected chi connectivity index (χ1v) is 8.08. The number of ether oxygens (including phenoxy) is 2. The van der Waals surface area contributed by atoms with E-state index in [9.17, 15) is 14.7 Å². The van der Waals surface area contributed by atoms with Crippen LogP contribution < -0.4 is 0 Å². The fraction of sp³-hybridized carbons (Fsp3) is 0.556. The average molecular weight is 334 g/mol. The fourth-order valence-corrected chi connectivity index (χ4v) is 4.21. The van der Waals surface area contributed by atoms with E-state index < -0.39 is 42.8 Å². The van der Waals surface area contributed by atoms with Gasteiger partial charge in [-0.2, -0.15) is 0 Å². The first-order valence-electron chi connectivity index (χ1n) is 8.08. The van der Waals surface area contributed by atoms with Crippen LogP contribution >= 0.6 is 0 Å². The summed E-state index contributed by atoms with van der Waals surface area (Å²) in [6, 6.07) is 0. The van der Waals surface area contributed by atoms with Crippen LogP contribution in [-0.4, -0.2) is 47.1 Å². The van der Waals surface area contributed by atoms with E-state index in [0.717, 1.165) is 5.57 Å². The summed E-state index contributed by atoms with van der Waals surface area (Å²) in [5.41, 5.74) is 1.11. The summed E-state index contributed by atoms with van der Waals surface area (Å²) in [4.78, 5) is 24.1. The van der Waals surface area contributed by atoms with Crippen molar-refractivity contribution in [3.63, 3.8) is 0 Å². The van der Waals surface area contributed by atoms with Gasteiger partial charge in [-0.25, -0.2) is 9.59 Å². The monoisotopic (exact) mass is 334 g/mol. The molecule has 6 nitrogen and oxygen atoms in total. The number of esters is 2. The second kappa shape index (κ2) is 6.18. The zero-order valence-electron chi connectivity index (χ0n) is 13.4. The molecule has 0 unspecified atom stereocenters. The predicted molar refractivity (Wildman–Crippen MR) is 84.6 cm³/mol. The summed E-state index contributed by atoms with van der Waals surface area (Å²) in [6.07, 6.45) is -0.101. The number of fused-ring (bicyclic) bond motifs is 3. The van der Waals surface area contributed by atoms with Crippen LogP contribution in [0.1, 0.15) is 19.3 Å². The summed E-state index contributed by atoms with van der Waals surface area (Å²) >= 11 is 0. The lowest BCUT2D eigenvalue weighted by Crippen LogP contribution is -2.36. The van der Waals surface area contributed by atoms with E-state index in [2.05, 4.69) is 19.7 Å². The highest BCUT2D eigenvalue weighted by Gasteiger charge is 2.55. The molecule has 130 valence electrons. The molecule has 2 aliphatic carbocycles. The van der Waals surface area contributed by atoms with E-state index in [1.807, 2.05) is 0 Å². The summed E-state index contributed by atoms with van der Waals surface area (Å²) < 4.78 is 11.0. The van der Waals surface area contributed by atoms with Gasteiger partial charge in [0.05, 0.1) is 24.2 Å². The van der Waals surface area contributed by atoms with Crippen LogP contribution in [0, 0.1) is 17.8 Å². The van der Waals surface area contributed by atoms with Crippen LogP contribution in [0.4, 0.5) is 0 Å². The first kappa shape index (κ1) is 16.9. The lowest BCUT2D eigenvalue weighted by atomic mass is 9.83. The molecule has 6 heteroatoms. The molecule has 2 saturated carbocycles. The largest absolute Gasteiger partial charge is 0.458 e. The van der Waals surface area contributed by atoms with Crippen molar-refractivity contribution in [3.05, 3.63) is 36.5 Å². The predicted octanol–water partition coefficient (Wildman–Crippen LogP) is 0.891. The molecule has 0 radical (unpaired) electrons. The summed E-state index contributed by atoms with van der Waals surface area (Å²) in [5.74, 6) is -1.68. The summed E-state index contributed by atoms with van der Waals surface area (Å²) in [5, 5.41) is 19.1. The Labute approximate surface area is 140 Å². The third kappa shape index (κ3) is 2.70. The van der Waals surface area contributed by atoms with E-state index in [1.54, 1.807) is 0 Å². The Morgan fingerprint density at radius 1 is 1.33 bits per heavy atom. The van der Waals surface area contributed by atoms with Crippen LogP contribution in [0.15, 0.2) is 36.5 Å². The molecule has 0 aromatic rings. The number of aliphatic hydroxyl groups is 2. The number of aliphatic hydroxyl groups excluding tert-OH is 2. The van der Waals surface area contributed by atoms with Crippen molar-refractivity contribution in [1.82, 2.24) is 0 Å². The third-order valence-electron chi connectivity index (χ3n) is 5.40. The molecule has 0 aromatic heterocycles. The van der Waals surface area contributed by atoms with Crippen molar-refractivity contribution in [1.29, 1.82) is 0 Å². The van der Waals surface area contributed by atoms with Crippen molar-refractivity contribution in [3.8, 4) is 0 Å². The molecule has 0 bridgehead atoms. The molecule has 2 N–H and O–H groups in total. The van der Waals surface area contributed by atoms with Crippen molar-refractivity contribution >= 4 is 11.9 Å². The minimum absolute atomic E-state index is 0.0240. The van der Waals surface area contributed by atoms with Gasteiger partial charge in [0, 0.05) is 17.9 Å². The maximum absolute atomic E-state index is 12.0. The van der Waals surface area contributed by atoms with E-state index in [0.29, 0.717) is 19.3 Å². The number of rotatable bonds is 3. The Balaban J connectivity index is 1.91. The SMILES string of the molecule is C=C(CO)C(=O)O[C@H]1CC(=C)[C@@H]2C[C@@H](O)C[C@@H]2[C@H]2OC(=O)C(=C)[C@@H]21. The molecular weight excluding hydrogens is 312 g/mol. The number of carbonyl (C=O) groups excluding carboxylic acids is 2. The lowest BCUT2D eigenvalue weighted by molar-refractivity contribution is -0.149. The normalized spacial score (nSPS) is 38.2. The molecule has 3 fully saturated rings. The molecule has 1 aliphatic heterocycles. The average Bonchev–Trinajstić information content (AvgIpc) is 3.03. The minimum atomic E-state index is -0.701. The highest BCUT2D eigenvalue weighted by Crippen LogP contribution is 2.50. The molecule has 3 rings (SSSR count). The zero-order valence-corrected chi connectivity index (χ0v) is 13.4. The summed E-state index contributed by atoms with van der Waals surface area (Å²) in [6.45, 7) is 10.9. The molecule has 0 amide bonds. The Morgan fingerprint density at radius 2 is 2.04 bits per heavy atom. The Kier molecular flexibility index (Phi) is 4.36. The van der Waals surface area contributed by atoms with Crippen LogP contribution in [0.2, 0.25) is 0 Å². The molecule has 24 heavy (non-hydrogen) atoms. The van der Waals surface area contributed by atoms with Gasteiger partial charge >= 0.3 is 11.9 Å². The van der Waals surface area contributed by atoms with Gasteiger partial charge in [-0.3, -0.25) is 0 Å². The van der Waals surface area contributed by atoms with Crippen molar-refractivity contribution in [2.45, 2.75) is 37.6 Å². The number of hydrogen-bond donors (Lipinski definition) is 2. The van der Waals surface area contributed by atoms with Gasteiger partial charge in [-0.15, -0.1) is 0 Å². The number of hydrogen-bond acceptors (Lipinski definition) is 6. The Bertz CT molecular complexity index is 621. The standard InChI is InChI=1S/C18H22O6/c1-8-4-14(23-17(21)9(2)7-19)15-10(3)18(22)24-16(15)13-6-11(20)5-12(8)13/h11-16,19-20H,1-7H2/t11-,12+,13+,14+,15-,16-/m1/s1. The minimum Gasteiger partial charge on any atom is -0.458 e. The highest BCUT2D eigenvalue weighted by molar-refractivity contribution is 5.91. The molecule has 0 spiro atoms.